The number of aryl methyl sites for hydroxylation is 1. The molecule has 0 aliphatic heterocycles. The van der Waals surface area contributed by atoms with E-state index in [2.05, 4.69) is 15.5 Å². The smallest absolute Gasteiger partial charge is 0.276 e. The van der Waals surface area contributed by atoms with Crippen LogP contribution in [0.3, 0.4) is 0 Å². The average Bonchev–Trinajstić information content (AvgIpc) is 3.39. The Morgan fingerprint density at radius 2 is 2.03 bits per heavy atom. The summed E-state index contributed by atoms with van der Waals surface area (Å²) in [6, 6.07) is 13.4. The molecule has 4 aromatic rings. The summed E-state index contributed by atoms with van der Waals surface area (Å²) in [5.74, 6) is 0.00479. The zero-order valence-corrected chi connectivity index (χ0v) is 17.4. The number of nitrogens with one attached hydrogen (secondary N) is 1. The number of carbonyl (C=O) groups excluding carboxylic acids is 1. The Balaban J connectivity index is 1.35. The van der Waals surface area contributed by atoms with E-state index in [1.165, 1.54) is 16.9 Å². The summed E-state index contributed by atoms with van der Waals surface area (Å²) in [4.78, 5) is 12.5. The molecule has 7 nitrogen and oxygen atoms in total. The first-order chi connectivity index (χ1) is 15.0. The SMILES string of the molecule is Cc1cc(Cl)ccc1OCn1ccc(C(=O)Nc2cnn(Cc3ccccc3F)c2)n1. The molecule has 0 radical (unpaired) electrons. The standard InChI is InChI=1S/C22H19ClFN5O2/c1-15-10-17(23)6-7-21(15)31-14-28-9-8-20(27-28)22(30)26-18-11-25-29(13-18)12-16-4-2-3-5-19(16)24/h2-11,13H,12,14H2,1H3,(H,26,30). The topological polar surface area (TPSA) is 74.0 Å². The predicted octanol–water partition coefficient (Wildman–Crippen LogP) is 4.52. The van der Waals surface area contributed by atoms with Crippen LogP contribution in [0.2, 0.25) is 5.02 Å². The van der Waals surface area contributed by atoms with Crippen LogP contribution in [0.1, 0.15) is 21.6 Å². The Kier molecular flexibility index (Phi) is 5.99. The quantitative estimate of drug-likeness (QED) is 0.459. The van der Waals surface area contributed by atoms with Crippen molar-refractivity contribution >= 4 is 23.2 Å². The van der Waals surface area contributed by atoms with Gasteiger partial charge in [0.2, 0.25) is 0 Å². The highest BCUT2D eigenvalue weighted by Gasteiger charge is 2.12. The molecule has 0 saturated carbocycles. The molecule has 0 spiro atoms. The van der Waals surface area contributed by atoms with Crippen LogP contribution in [-0.4, -0.2) is 25.5 Å². The van der Waals surface area contributed by atoms with Gasteiger partial charge < -0.3 is 10.1 Å². The number of aromatic nitrogens is 4. The second-order valence-electron chi connectivity index (χ2n) is 6.90. The summed E-state index contributed by atoms with van der Waals surface area (Å²) in [5.41, 5.74) is 2.14. The number of halogens is 2. The maximum Gasteiger partial charge on any atom is 0.276 e. The first kappa shape index (κ1) is 20.6. The van der Waals surface area contributed by atoms with Crippen molar-refractivity contribution in [2.75, 3.05) is 5.32 Å². The van der Waals surface area contributed by atoms with Gasteiger partial charge in [-0.3, -0.25) is 9.48 Å². The van der Waals surface area contributed by atoms with Crippen molar-refractivity contribution in [3.05, 3.63) is 94.8 Å². The molecule has 1 N–H and O–H groups in total. The summed E-state index contributed by atoms with van der Waals surface area (Å²) in [6.45, 7) is 2.31. The van der Waals surface area contributed by atoms with Crippen LogP contribution in [-0.2, 0) is 13.3 Å². The van der Waals surface area contributed by atoms with E-state index in [0.29, 0.717) is 22.0 Å². The third kappa shape index (κ3) is 5.10. The number of rotatable bonds is 7. The number of hydrogen-bond donors (Lipinski definition) is 1. The molecular formula is C22H19ClFN5O2. The molecule has 31 heavy (non-hydrogen) atoms. The highest BCUT2D eigenvalue weighted by atomic mass is 35.5. The zero-order chi connectivity index (χ0) is 21.8. The van der Waals surface area contributed by atoms with Crippen LogP contribution in [0.25, 0.3) is 0 Å². The van der Waals surface area contributed by atoms with Gasteiger partial charge in [0.05, 0.1) is 18.4 Å². The predicted molar refractivity (Wildman–Crippen MR) is 115 cm³/mol. The van der Waals surface area contributed by atoms with Crippen LogP contribution in [0.15, 0.2) is 67.1 Å². The van der Waals surface area contributed by atoms with Crippen molar-refractivity contribution in [3.63, 3.8) is 0 Å². The minimum atomic E-state index is -0.383. The summed E-state index contributed by atoms with van der Waals surface area (Å²) in [5, 5.41) is 11.8. The maximum absolute atomic E-state index is 13.8. The number of anilines is 1. The van der Waals surface area contributed by atoms with E-state index in [-0.39, 0.29) is 30.7 Å². The van der Waals surface area contributed by atoms with E-state index in [4.69, 9.17) is 16.3 Å². The fraction of sp³-hybridized carbons (Fsp3) is 0.136. The number of nitrogens with zero attached hydrogens (tertiary/aromatic N) is 4. The molecule has 158 valence electrons. The van der Waals surface area contributed by atoms with E-state index in [0.717, 1.165) is 5.56 Å². The molecule has 0 atom stereocenters. The molecule has 0 saturated heterocycles. The van der Waals surface area contributed by atoms with Gasteiger partial charge in [-0.05, 0) is 42.8 Å². The Bertz CT molecular complexity index is 1220. The average molecular weight is 440 g/mol. The van der Waals surface area contributed by atoms with Crippen molar-refractivity contribution in [1.29, 1.82) is 0 Å². The lowest BCUT2D eigenvalue weighted by Crippen LogP contribution is -2.14. The van der Waals surface area contributed by atoms with Crippen molar-refractivity contribution < 1.29 is 13.9 Å². The number of carbonyl (C=O) groups is 1. The molecule has 0 aliphatic rings. The fourth-order valence-corrected chi connectivity index (χ4v) is 3.20. The number of benzene rings is 2. The monoisotopic (exact) mass is 439 g/mol. The van der Waals surface area contributed by atoms with E-state index in [1.54, 1.807) is 53.5 Å². The number of hydrogen-bond acceptors (Lipinski definition) is 4. The minimum Gasteiger partial charge on any atom is -0.471 e. The minimum absolute atomic E-state index is 0.149. The van der Waals surface area contributed by atoms with Gasteiger partial charge in [-0.2, -0.15) is 10.2 Å². The zero-order valence-electron chi connectivity index (χ0n) is 16.6. The number of ether oxygens (including phenoxy) is 1. The van der Waals surface area contributed by atoms with E-state index < -0.39 is 0 Å². The molecular weight excluding hydrogens is 421 g/mol. The van der Waals surface area contributed by atoms with E-state index in [9.17, 15) is 9.18 Å². The van der Waals surface area contributed by atoms with Crippen molar-refractivity contribution in [2.24, 2.45) is 0 Å². The molecule has 2 aromatic carbocycles. The van der Waals surface area contributed by atoms with Crippen LogP contribution < -0.4 is 10.1 Å². The highest BCUT2D eigenvalue weighted by molar-refractivity contribution is 6.30. The van der Waals surface area contributed by atoms with Gasteiger partial charge in [0.25, 0.3) is 5.91 Å². The molecule has 0 bridgehead atoms. The Labute approximate surface area is 183 Å². The fourth-order valence-electron chi connectivity index (χ4n) is 2.98. The van der Waals surface area contributed by atoms with E-state index in [1.807, 2.05) is 13.0 Å². The van der Waals surface area contributed by atoms with Gasteiger partial charge >= 0.3 is 0 Å². The lowest BCUT2D eigenvalue weighted by molar-refractivity contribution is 0.102. The molecule has 0 fully saturated rings. The lowest BCUT2D eigenvalue weighted by atomic mass is 10.2. The molecule has 0 aliphatic carbocycles. The second-order valence-corrected chi connectivity index (χ2v) is 7.33. The summed E-state index contributed by atoms with van der Waals surface area (Å²) in [7, 11) is 0. The van der Waals surface area contributed by atoms with Gasteiger partial charge in [-0.15, -0.1) is 0 Å². The third-order valence-corrected chi connectivity index (χ3v) is 4.78. The Hall–Kier alpha value is -3.65. The first-order valence-corrected chi connectivity index (χ1v) is 9.85. The van der Waals surface area contributed by atoms with Gasteiger partial charge in [0.15, 0.2) is 12.4 Å². The highest BCUT2D eigenvalue weighted by Crippen LogP contribution is 2.22. The summed E-state index contributed by atoms with van der Waals surface area (Å²) >= 11 is 5.95. The molecule has 9 heteroatoms. The molecule has 1 amide bonds. The number of amides is 1. The lowest BCUT2D eigenvalue weighted by Gasteiger charge is -2.09. The maximum atomic E-state index is 13.8. The van der Waals surface area contributed by atoms with E-state index >= 15 is 0 Å². The van der Waals surface area contributed by atoms with Gasteiger partial charge in [0, 0.05) is 23.0 Å². The van der Waals surface area contributed by atoms with Gasteiger partial charge in [-0.25, -0.2) is 9.07 Å². The molecule has 2 aromatic heterocycles. The van der Waals surface area contributed by atoms with Crippen molar-refractivity contribution in [1.82, 2.24) is 19.6 Å². The van der Waals surface area contributed by atoms with Gasteiger partial charge in [-0.1, -0.05) is 29.8 Å². The van der Waals surface area contributed by atoms with Gasteiger partial charge in [0.1, 0.15) is 11.6 Å². The third-order valence-electron chi connectivity index (χ3n) is 4.54. The second kappa shape index (κ2) is 9.01. The van der Waals surface area contributed by atoms with Crippen LogP contribution >= 0.6 is 11.6 Å². The summed E-state index contributed by atoms with van der Waals surface area (Å²) in [6.07, 6.45) is 4.79. The Morgan fingerprint density at radius 1 is 1.19 bits per heavy atom. The first-order valence-electron chi connectivity index (χ1n) is 9.47. The molecule has 4 rings (SSSR count). The molecule has 0 unspecified atom stereocenters. The van der Waals surface area contributed by atoms with Crippen LogP contribution in [0.4, 0.5) is 10.1 Å². The van der Waals surface area contributed by atoms with Crippen molar-refractivity contribution in [2.45, 2.75) is 20.2 Å². The summed E-state index contributed by atoms with van der Waals surface area (Å²) < 4.78 is 22.6. The van der Waals surface area contributed by atoms with Crippen LogP contribution in [0.5, 0.6) is 5.75 Å². The molecule has 2 heterocycles. The largest absolute Gasteiger partial charge is 0.471 e. The Morgan fingerprint density at radius 3 is 2.84 bits per heavy atom. The normalized spacial score (nSPS) is 10.8. The van der Waals surface area contributed by atoms with Crippen molar-refractivity contribution in [3.8, 4) is 5.75 Å². The van der Waals surface area contributed by atoms with Crippen LogP contribution in [0, 0.1) is 12.7 Å².